The van der Waals surface area contributed by atoms with Gasteiger partial charge in [-0.25, -0.2) is 12.8 Å². The number of benzene rings is 1. The summed E-state index contributed by atoms with van der Waals surface area (Å²) in [4.78, 5) is 0.000324. The second kappa shape index (κ2) is 6.32. The zero-order valence-corrected chi connectivity index (χ0v) is 13.4. The predicted molar refractivity (Wildman–Crippen MR) is 82.0 cm³/mol. The van der Waals surface area contributed by atoms with Gasteiger partial charge in [-0.15, -0.1) is 0 Å². The molecule has 6 heteroatoms. The molecule has 0 radical (unpaired) electrons. The summed E-state index contributed by atoms with van der Waals surface area (Å²) in [5.74, 6) is -0.573. The van der Waals surface area contributed by atoms with E-state index in [0.717, 1.165) is 38.2 Å². The highest BCUT2D eigenvalue weighted by Gasteiger charge is 2.33. The fourth-order valence-electron chi connectivity index (χ4n) is 2.94. The van der Waals surface area contributed by atoms with Gasteiger partial charge in [-0.2, -0.15) is 4.31 Å². The van der Waals surface area contributed by atoms with Crippen molar-refractivity contribution in [1.82, 2.24) is 4.31 Å². The van der Waals surface area contributed by atoms with Crippen LogP contribution < -0.4 is 5.73 Å². The molecule has 1 aliphatic heterocycles. The van der Waals surface area contributed by atoms with E-state index in [1.807, 2.05) is 6.92 Å². The lowest BCUT2D eigenvalue weighted by Crippen LogP contribution is -2.40. The molecule has 0 aliphatic carbocycles. The molecule has 0 amide bonds. The maximum absolute atomic E-state index is 13.8. The van der Waals surface area contributed by atoms with Crippen molar-refractivity contribution in [2.24, 2.45) is 0 Å². The number of halogens is 1. The summed E-state index contributed by atoms with van der Waals surface area (Å²) in [6, 6.07) is 2.51. The van der Waals surface area contributed by atoms with Gasteiger partial charge in [0.1, 0.15) is 5.82 Å². The molecular formula is C15H23FN2O2S. The van der Waals surface area contributed by atoms with Crippen LogP contribution >= 0.6 is 0 Å². The lowest BCUT2D eigenvalue weighted by molar-refractivity contribution is 0.314. The highest BCUT2D eigenvalue weighted by atomic mass is 32.2. The minimum absolute atomic E-state index is 0.000324. The molecule has 0 spiro atoms. The minimum atomic E-state index is -3.71. The third-order valence-electron chi connectivity index (χ3n) is 4.20. The Labute approximate surface area is 126 Å². The first-order valence-corrected chi connectivity index (χ1v) is 8.89. The fourth-order valence-corrected chi connectivity index (χ4v) is 4.98. The average molecular weight is 314 g/mol. The summed E-state index contributed by atoms with van der Waals surface area (Å²) in [7, 11) is -3.71. The van der Waals surface area contributed by atoms with E-state index in [1.165, 1.54) is 13.0 Å². The number of nitrogens with two attached hydrogens (primary N) is 1. The number of nitrogen functional groups attached to an aromatic ring is 1. The summed E-state index contributed by atoms with van der Waals surface area (Å²) >= 11 is 0. The number of hydrogen-bond donors (Lipinski definition) is 1. The molecule has 1 fully saturated rings. The highest BCUT2D eigenvalue weighted by molar-refractivity contribution is 7.89. The van der Waals surface area contributed by atoms with Gasteiger partial charge in [-0.1, -0.05) is 19.8 Å². The molecule has 2 rings (SSSR count). The number of hydrogen-bond acceptors (Lipinski definition) is 3. The normalized spacial score (nSPS) is 21.2. The lowest BCUT2D eigenvalue weighted by Gasteiger charge is -2.29. The van der Waals surface area contributed by atoms with Crippen LogP contribution in [0, 0.1) is 12.7 Å². The first-order chi connectivity index (χ1) is 9.87. The third kappa shape index (κ3) is 3.21. The summed E-state index contributed by atoms with van der Waals surface area (Å²) in [5.41, 5.74) is 5.91. The number of anilines is 1. The van der Waals surface area contributed by atoms with Gasteiger partial charge < -0.3 is 5.73 Å². The smallest absolute Gasteiger partial charge is 0.243 e. The molecule has 4 nitrogen and oxygen atoms in total. The second-order valence-corrected chi connectivity index (χ2v) is 7.51. The summed E-state index contributed by atoms with van der Waals surface area (Å²) in [6.07, 6.45) is 4.55. The molecule has 1 aromatic rings. The second-order valence-electron chi connectivity index (χ2n) is 5.65. The minimum Gasteiger partial charge on any atom is -0.399 e. The van der Waals surface area contributed by atoms with E-state index in [4.69, 9.17) is 5.73 Å². The quantitative estimate of drug-likeness (QED) is 0.872. The molecule has 1 aliphatic rings. The van der Waals surface area contributed by atoms with Crippen molar-refractivity contribution in [3.63, 3.8) is 0 Å². The molecule has 21 heavy (non-hydrogen) atoms. The highest BCUT2D eigenvalue weighted by Crippen LogP contribution is 2.30. The Morgan fingerprint density at radius 2 is 2.05 bits per heavy atom. The SMILES string of the molecule is CCC1CCCCCN1S(=O)(=O)c1cc(N)cc(F)c1C. The maximum atomic E-state index is 13.8. The average Bonchev–Trinajstić information content (AvgIpc) is 2.68. The van der Waals surface area contributed by atoms with Crippen molar-refractivity contribution in [3.8, 4) is 0 Å². The van der Waals surface area contributed by atoms with Gasteiger partial charge in [-0.3, -0.25) is 0 Å². The summed E-state index contributed by atoms with van der Waals surface area (Å²) in [6.45, 7) is 3.97. The molecule has 0 bridgehead atoms. The summed E-state index contributed by atoms with van der Waals surface area (Å²) in [5, 5.41) is 0. The van der Waals surface area contributed by atoms with Crippen molar-refractivity contribution < 1.29 is 12.8 Å². The molecule has 1 heterocycles. The molecule has 1 unspecified atom stereocenters. The monoisotopic (exact) mass is 314 g/mol. The van der Waals surface area contributed by atoms with Gasteiger partial charge in [0.25, 0.3) is 0 Å². The van der Waals surface area contributed by atoms with Crippen LogP contribution in [0.1, 0.15) is 44.6 Å². The van der Waals surface area contributed by atoms with E-state index in [9.17, 15) is 12.8 Å². The zero-order valence-electron chi connectivity index (χ0n) is 12.6. The molecule has 2 N–H and O–H groups in total. The molecule has 1 atom stereocenters. The zero-order chi connectivity index (χ0) is 15.6. The molecule has 0 aromatic heterocycles. The predicted octanol–water partition coefficient (Wildman–Crippen LogP) is 3.06. The van der Waals surface area contributed by atoms with E-state index in [1.54, 1.807) is 4.31 Å². The Morgan fingerprint density at radius 1 is 1.33 bits per heavy atom. The maximum Gasteiger partial charge on any atom is 0.243 e. The van der Waals surface area contributed by atoms with E-state index in [-0.39, 0.29) is 22.2 Å². The Hall–Kier alpha value is -1.14. The first-order valence-electron chi connectivity index (χ1n) is 7.45. The first kappa shape index (κ1) is 16.2. The Balaban J connectivity index is 2.50. The van der Waals surface area contributed by atoms with Crippen LogP contribution in [-0.4, -0.2) is 25.3 Å². The van der Waals surface area contributed by atoms with E-state index in [0.29, 0.717) is 6.54 Å². The molecule has 1 aromatic carbocycles. The fraction of sp³-hybridized carbons (Fsp3) is 0.600. The Bertz CT molecular complexity index is 616. The number of nitrogens with zero attached hydrogens (tertiary/aromatic N) is 1. The van der Waals surface area contributed by atoms with Gasteiger partial charge in [0.15, 0.2) is 0 Å². The summed E-state index contributed by atoms with van der Waals surface area (Å²) < 4.78 is 41.3. The van der Waals surface area contributed by atoms with Gasteiger partial charge in [0.05, 0.1) is 4.90 Å². The topological polar surface area (TPSA) is 63.4 Å². The number of rotatable bonds is 3. The van der Waals surface area contributed by atoms with Crippen LogP contribution in [0.5, 0.6) is 0 Å². The van der Waals surface area contributed by atoms with Crippen molar-refractivity contribution in [2.45, 2.75) is 56.9 Å². The lowest BCUT2D eigenvalue weighted by atomic mass is 10.1. The van der Waals surface area contributed by atoms with Crippen LogP contribution in [0.2, 0.25) is 0 Å². The Morgan fingerprint density at radius 3 is 2.71 bits per heavy atom. The van der Waals surface area contributed by atoms with Crippen molar-refractivity contribution >= 4 is 15.7 Å². The van der Waals surface area contributed by atoms with Gasteiger partial charge in [-0.05, 0) is 38.3 Å². The van der Waals surface area contributed by atoms with Crippen molar-refractivity contribution in [1.29, 1.82) is 0 Å². The van der Waals surface area contributed by atoms with Gasteiger partial charge >= 0.3 is 0 Å². The van der Waals surface area contributed by atoms with E-state index < -0.39 is 15.8 Å². The number of sulfonamides is 1. The van der Waals surface area contributed by atoms with E-state index >= 15 is 0 Å². The molecule has 1 saturated heterocycles. The molecule has 0 saturated carbocycles. The van der Waals surface area contributed by atoms with Gasteiger partial charge in [0, 0.05) is 23.8 Å². The van der Waals surface area contributed by atoms with Crippen LogP contribution in [0.4, 0.5) is 10.1 Å². The van der Waals surface area contributed by atoms with Crippen molar-refractivity contribution in [3.05, 3.63) is 23.5 Å². The van der Waals surface area contributed by atoms with Crippen LogP contribution in [0.3, 0.4) is 0 Å². The molecular weight excluding hydrogens is 291 g/mol. The van der Waals surface area contributed by atoms with Crippen LogP contribution in [0.15, 0.2) is 17.0 Å². The largest absolute Gasteiger partial charge is 0.399 e. The standard InChI is InChI=1S/C15H23FN2O2S/c1-3-13-7-5-4-6-8-18(13)21(19,20)15-10-12(17)9-14(16)11(15)2/h9-10,13H,3-8,17H2,1-2H3. The van der Waals surface area contributed by atoms with Gasteiger partial charge in [0.2, 0.25) is 10.0 Å². The van der Waals surface area contributed by atoms with Crippen molar-refractivity contribution in [2.75, 3.05) is 12.3 Å². The van der Waals surface area contributed by atoms with Crippen LogP contribution in [-0.2, 0) is 10.0 Å². The van der Waals surface area contributed by atoms with E-state index in [2.05, 4.69) is 0 Å². The Kier molecular flexibility index (Phi) is 4.88. The van der Waals surface area contributed by atoms with Crippen LogP contribution in [0.25, 0.3) is 0 Å². The molecule has 118 valence electrons. The third-order valence-corrected chi connectivity index (χ3v) is 6.28.